The van der Waals surface area contributed by atoms with E-state index < -0.39 is 23.2 Å². The van der Waals surface area contributed by atoms with E-state index in [2.05, 4.69) is 0 Å². The number of phenols is 1. The van der Waals surface area contributed by atoms with Crippen molar-refractivity contribution in [2.24, 2.45) is 0 Å². The average molecular weight is 332 g/mol. The minimum atomic E-state index is -0.706. The zero-order chi connectivity index (χ0) is 17.1. The number of aromatic hydroxyl groups is 1. The van der Waals surface area contributed by atoms with E-state index in [9.17, 15) is 18.3 Å². The maximum absolute atomic E-state index is 13.8. The van der Waals surface area contributed by atoms with Gasteiger partial charge in [-0.2, -0.15) is 0 Å². The second kappa shape index (κ2) is 6.54. The molecule has 0 aliphatic heterocycles. The number of hydrogen-bond donors (Lipinski definition) is 1. The fourth-order valence-electron chi connectivity index (χ4n) is 1.97. The van der Waals surface area contributed by atoms with Crippen molar-refractivity contribution < 1.29 is 27.8 Å². The van der Waals surface area contributed by atoms with Gasteiger partial charge in [-0.1, -0.05) is 0 Å². The van der Waals surface area contributed by atoms with Gasteiger partial charge in [0.15, 0.2) is 11.5 Å². The van der Waals surface area contributed by atoms with Gasteiger partial charge in [0.1, 0.15) is 29.0 Å². The van der Waals surface area contributed by atoms with Crippen LogP contribution in [0.5, 0.6) is 28.7 Å². The van der Waals surface area contributed by atoms with E-state index in [0.717, 1.165) is 12.1 Å². The highest BCUT2D eigenvalue weighted by Gasteiger charge is 2.15. The first-order chi connectivity index (χ1) is 11.5. The molecule has 3 rings (SSSR count). The molecule has 0 spiro atoms. The Bertz CT molecular complexity index is 778. The molecule has 0 aromatic heterocycles. The summed E-state index contributed by atoms with van der Waals surface area (Å²) in [5.74, 6) is -2.02. The first kappa shape index (κ1) is 15.7. The Morgan fingerprint density at radius 3 is 1.33 bits per heavy atom. The van der Waals surface area contributed by atoms with Crippen molar-refractivity contribution in [1.82, 2.24) is 0 Å². The van der Waals surface area contributed by atoms with Crippen LogP contribution in [-0.2, 0) is 0 Å². The normalized spacial score (nSPS) is 10.5. The van der Waals surface area contributed by atoms with Crippen LogP contribution in [0.15, 0.2) is 60.7 Å². The molecule has 0 radical (unpaired) electrons. The molecule has 0 amide bonds. The first-order valence-corrected chi connectivity index (χ1v) is 6.90. The fourth-order valence-corrected chi connectivity index (χ4v) is 1.97. The summed E-state index contributed by atoms with van der Waals surface area (Å²) in [6, 6.07) is 11.9. The molecule has 3 nitrogen and oxygen atoms in total. The number of phenolic OH excluding ortho intramolecular Hbond substituents is 1. The van der Waals surface area contributed by atoms with E-state index >= 15 is 0 Å². The van der Waals surface area contributed by atoms with Gasteiger partial charge in [0.05, 0.1) is 0 Å². The third-order valence-electron chi connectivity index (χ3n) is 3.09. The van der Waals surface area contributed by atoms with Crippen LogP contribution in [-0.4, -0.2) is 5.11 Å². The predicted octanol–water partition coefficient (Wildman–Crippen LogP) is 5.39. The van der Waals surface area contributed by atoms with Gasteiger partial charge < -0.3 is 14.6 Å². The van der Waals surface area contributed by atoms with Crippen LogP contribution in [0.3, 0.4) is 0 Å². The Labute approximate surface area is 135 Å². The first-order valence-electron chi connectivity index (χ1n) is 6.90. The molecule has 0 unspecified atom stereocenters. The quantitative estimate of drug-likeness (QED) is 0.696. The summed E-state index contributed by atoms with van der Waals surface area (Å²) in [6.07, 6.45) is 0. The largest absolute Gasteiger partial charge is 0.502 e. The van der Waals surface area contributed by atoms with Crippen molar-refractivity contribution in [1.29, 1.82) is 0 Å². The smallest absolute Gasteiger partial charge is 0.202 e. The summed E-state index contributed by atoms with van der Waals surface area (Å²) in [7, 11) is 0. The van der Waals surface area contributed by atoms with Gasteiger partial charge in [0, 0.05) is 12.1 Å². The highest BCUT2D eigenvalue weighted by atomic mass is 19.1. The molecule has 1 N–H and O–H groups in total. The van der Waals surface area contributed by atoms with Gasteiger partial charge in [-0.25, -0.2) is 13.2 Å². The Hall–Kier alpha value is -3.15. The van der Waals surface area contributed by atoms with Crippen molar-refractivity contribution in [2.75, 3.05) is 0 Å². The summed E-state index contributed by atoms with van der Waals surface area (Å²) in [5.41, 5.74) is 0. The van der Waals surface area contributed by atoms with Crippen LogP contribution >= 0.6 is 0 Å². The maximum atomic E-state index is 13.8. The van der Waals surface area contributed by atoms with Crippen molar-refractivity contribution in [3.8, 4) is 28.7 Å². The number of benzene rings is 3. The lowest BCUT2D eigenvalue weighted by molar-refractivity contribution is 0.373. The molecule has 3 aromatic carbocycles. The van der Waals surface area contributed by atoms with Crippen LogP contribution in [0.1, 0.15) is 0 Å². The minimum Gasteiger partial charge on any atom is -0.502 e. The number of halogens is 3. The molecule has 0 saturated carbocycles. The zero-order valence-electron chi connectivity index (χ0n) is 12.2. The zero-order valence-corrected chi connectivity index (χ0v) is 12.2. The molecular formula is C18H11F3O3. The molecule has 0 aliphatic rings. The second-order valence-electron chi connectivity index (χ2n) is 4.86. The van der Waals surface area contributed by atoms with Gasteiger partial charge in [-0.3, -0.25) is 0 Å². The highest BCUT2D eigenvalue weighted by molar-refractivity contribution is 5.53. The summed E-state index contributed by atoms with van der Waals surface area (Å²) >= 11 is 0. The Kier molecular flexibility index (Phi) is 4.29. The lowest BCUT2D eigenvalue weighted by Gasteiger charge is -2.12. The molecule has 0 bridgehead atoms. The Balaban J connectivity index is 1.89. The standard InChI is InChI=1S/C18H11F3O3/c19-11-1-5-14(6-2-11)23-16-9-13(21)10-17(18(16)22)24-15-7-3-12(20)4-8-15/h1-10,22H. The summed E-state index contributed by atoms with van der Waals surface area (Å²) < 4.78 is 50.2. The molecule has 0 fully saturated rings. The third-order valence-corrected chi connectivity index (χ3v) is 3.09. The van der Waals surface area contributed by atoms with E-state index in [1.165, 1.54) is 48.5 Å². The van der Waals surface area contributed by atoms with E-state index in [1.54, 1.807) is 0 Å². The van der Waals surface area contributed by atoms with Gasteiger partial charge in [0.2, 0.25) is 5.75 Å². The van der Waals surface area contributed by atoms with Crippen LogP contribution in [0.4, 0.5) is 13.2 Å². The van der Waals surface area contributed by atoms with E-state index in [-0.39, 0.29) is 23.0 Å². The van der Waals surface area contributed by atoms with Gasteiger partial charge >= 0.3 is 0 Å². The fraction of sp³-hybridized carbons (Fsp3) is 0. The maximum Gasteiger partial charge on any atom is 0.202 e. The highest BCUT2D eigenvalue weighted by Crippen LogP contribution is 2.41. The monoisotopic (exact) mass is 332 g/mol. The summed E-state index contributed by atoms with van der Waals surface area (Å²) in [4.78, 5) is 0. The molecule has 0 saturated heterocycles. The lowest BCUT2D eigenvalue weighted by atomic mass is 10.2. The minimum absolute atomic E-state index is 0.196. The Morgan fingerprint density at radius 2 is 0.958 bits per heavy atom. The average Bonchev–Trinajstić information content (AvgIpc) is 2.56. The van der Waals surface area contributed by atoms with E-state index in [0.29, 0.717) is 0 Å². The molecule has 0 aliphatic carbocycles. The van der Waals surface area contributed by atoms with Gasteiger partial charge in [0.25, 0.3) is 0 Å². The summed E-state index contributed by atoms with van der Waals surface area (Å²) in [6.45, 7) is 0. The SMILES string of the molecule is Oc1c(Oc2ccc(F)cc2)cc(F)cc1Oc1ccc(F)cc1. The molecule has 6 heteroatoms. The number of rotatable bonds is 4. The molecule has 0 atom stereocenters. The Morgan fingerprint density at radius 1 is 0.583 bits per heavy atom. The van der Waals surface area contributed by atoms with Crippen LogP contribution in [0.2, 0.25) is 0 Å². The van der Waals surface area contributed by atoms with Crippen molar-refractivity contribution >= 4 is 0 Å². The number of hydrogen-bond acceptors (Lipinski definition) is 3. The lowest BCUT2D eigenvalue weighted by Crippen LogP contribution is -1.91. The topological polar surface area (TPSA) is 38.7 Å². The molecule has 24 heavy (non-hydrogen) atoms. The van der Waals surface area contributed by atoms with Gasteiger partial charge in [-0.15, -0.1) is 0 Å². The van der Waals surface area contributed by atoms with E-state index in [1.807, 2.05) is 0 Å². The van der Waals surface area contributed by atoms with Crippen molar-refractivity contribution in [3.63, 3.8) is 0 Å². The second-order valence-corrected chi connectivity index (χ2v) is 4.86. The predicted molar refractivity (Wildman–Crippen MR) is 81.0 cm³/mol. The van der Waals surface area contributed by atoms with Gasteiger partial charge in [-0.05, 0) is 48.5 Å². The third kappa shape index (κ3) is 3.60. The molecule has 0 heterocycles. The van der Waals surface area contributed by atoms with Crippen LogP contribution in [0, 0.1) is 17.5 Å². The van der Waals surface area contributed by atoms with Crippen molar-refractivity contribution in [2.45, 2.75) is 0 Å². The molecular weight excluding hydrogens is 321 g/mol. The van der Waals surface area contributed by atoms with Crippen molar-refractivity contribution in [3.05, 3.63) is 78.1 Å². The van der Waals surface area contributed by atoms with Crippen LogP contribution < -0.4 is 9.47 Å². The molecule has 3 aromatic rings. The molecule has 122 valence electrons. The van der Waals surface area contributed by atoms with Crippen LogP contribution in [0.25, 0.3) is 0 Å². The number of ether oxygens (including phenoxy) is 2. The summed E-state index contributed by atoms with van der Waals surface area (Å²) in [5, 5.41) is 10.2. The van der Waals surface area contributed by atoms with E-state index in [4.69, 9.17) is 9.47 Å².